The lowest BCUT2D eigenvalue weighted by Crippen LogP contribution is -1.80. The van der Waals surface area contributed by atoms with E-state index >= 15 is 0 Å². The summed E-state index contributed by atoms with van der Waals surface area (Å²) in [5.41, 5.74) is 0. The zero-order valence-corrected chi connectivity index (χ0v) is 10.2. The van der Waals surface area contributed by atoms with Crippen LogP contribution in [0.4, 0.5) is 0 Å². The summed E-state index contributed by atoms with van der Waals surface area (Å²) in [5.74, 6) is 0. The van der Waals surface area contributed by atoms with Crippen LogP contribution in [0.1, 0.15) is 44.9 Å². The molecular weight excluding hydrogens is 268 g/mol. The fourth-order valence-corrected chi connectivity index (χ4v) is 1.74. The van der Waals surface area contributed by atoms with Gasteiger partial charge in [0.2, 0.25) is 0 Å². The van der Waals surface area contributed by atoms with Gasteiger partial charge in [-0.3, -0.25) is 0 Å². The van der Waals surface area contributed by atoms with Gasteiger partial charge in [-0.2, -0.15) is 0 Å². The maximum absolute atomic E-state index is 3.43. The number of rotatable bonds is 8. The van der Waals surface area contributed by atoms with Gasteiger partial charge in [0.05, 0.1) is 0 Å². The number of alkyl halides is 1. The molecule has 0 heterocycles. The summed E-state index contributed by atoms with van der Waals surface area (Å²) in [5, 5.41) is 3.24. The molecule has 0 nitrogen and oxygen atoms in total. The summed E-state index contributed by atoms with van der Waals surface area (Å²) in [4.78, 5) is 0. The summed E-state index contributed by atoms with van der Waals surface area (Å²) < 4.78 is 0. The minimum Gasteiger partial charge on any atom is -0.0928 e. The molecule has 0 saturated carbocycles. The van der Waals surface area contributed by atoms with E-state index in [0.29, 0.717) is 0 Å². The lowest BCUT2D eigenvalue weighted by atomic mass is 10.1. The number of hydrogen-bond donors (Lipinski definition) is 0. The van der Waals surface area contributed by atoms with Crippen LogP contribution in [-0.4, -0.2) is 5.33 Å². The van der Waals surface area contributed by atoms with Crippen molar-refractivity contribution in [3.8, 4) is 0 Å². The van der Waals surface area contributed by atoms with Gasteiger partial charge in [-0.1, -0.05) is 64.0 Å². The number of hydrogen-bond acceptors (Lipinski definition) is 0. The van der Waals surface area contributed by atoms with Crippen molar-refractivity contribution in [3.63, 3.8) is 0 Å². The molecule has 0 fully saturated rings. The van der Waals surface area contributed by atoms with Crippen LogP contribution in [-0.2, 0) is 0 Å². The van der Waals surface area contributed by atoms with Gasteiger partial charge in [0.15, 0.2) is 0 Å². The number of unbranched alkanes of at least 4 members (excludes halogenated alkanes) is 6. The normalized spacial score (nSPS) is 10.4. The second-order valence-electron chi connectivity index (χ2n) is 2.75. The van der Waals surface area contributed by atoms with Crippen molar-refractivity contribution in [2.24, 2.45) is 0 Å². The molecule has 0 aliphatic heterocycles. The first kappa shape index (κ1) is 12.0. The van der Waals surface area contributed by atoms with E-state index in [9.17, 15) is 0 Å². The molecule has 0 saturated heterocycles. The van der Waals surface area contributed by atoms with Crippen LogP contribution in [0, 0.1) is 5.33 Å². The van der Waals surface area contributed by atoms with E-state index in [0.717, 1.165) is 0 Å². The molecule has 67 valence electrons. The van der Waals surface area contributed by atoms with Crippen LogP contribution in [0.3, 0.4) is 0 Å². The lowest BCUT2D eigenvalue weighted by molar-refractivity contribution is 0.612. The SMILES string of the molecule is Br[CH]CCCCCCCCBr. The Morgan fingerprint density at radius 1 is 0.818 bits per heavy atom. The van der Waals surface area contributed by atoms with Crippen molar-refractivity contribution < 1.29 is 0 Å². The maximum Gasteiger partial charge on any atom is 0.0271 e. The third-order valence-electron chi connectivity index (χ3n) is 1.70. The molecule has 0 aliphatic carbocycles. The van der Waals surface area contributed by atoms with Gasteiger partial charge < -0.3 is 0 Å². The van der Waals surface area contributed by atoms with E-state index in [1.807, 2.05) is 0 Å². The first-order valence-electron chi connectivity index (χ1n) is 4.39. The Bertz CT molecular complexity index is 56.6. The Morgan fingerprint density at radius 2 is 1.36 bits per heavy atom. The summed E-state index contributed by atoms with van der Waals surface area (Å²) >= 11 is 6.74. The quantitative estimate of drug-likeness (QED) is 0.449. The lowest BCUT2D eigenvalue weighted by Gasteiger charge is -1.98. The highest BCUT2D eigenvalue weighted by Gasteiger charge is 1.89. The van der Waals surface area contributed by atoms with Gasteiger partial charge in [0.25, 0.3) is 0 Å². The Balaban J connectivity index is 2.69. The zero-order valence-electron chi connectivity index (χ0n) is 6.99. The summed E-state index contributed by atoms with van der Waals surface area (Å²) in [7, 11) is 0. The van der Waals surface area contributed by atoms with Crippen molar-refractivity contribution in [2.75, 3.05) is 5.33 Å². The van der Waals surface area contributed by atoms with E-state index in [1.165, 1.54) is 50.3 Å². The Labute approximate surface area is 87.4 Å². The standard InChI is InChI=1S/C9H17Br2/c10-8-6-4-2-1-3-5-7-9-11/h8H,1-7,9H2. The molecule has 11 heavy (non-hydrogen) atoms. The third kappa shape index (κ3) is 11.0. The van der Waals surface area contributed by atoms with Crippen LogP contribution in [0.5, 0.6) is 0 Å². The van der Waals surface area contributed by atoms with Gasteiger partial charge in [-0.25, -0.2) is 0 Å². The van der Waals surface area contributed by atoms with Gasteiger partial charge >= 0.3 is 0 Å². The van der Waals surface area contributed by atoms with Crippen LogP contribution in [0.25, 0.3) is 0 Å². The van der Waals surface area contributed by atoms with Crippen LogP contribution in [0.2, 0.25) is 0 Å². The van der Waals surface area contributed by atoms with E-state index in [1.54, 1.807) is 0 Å². The fourth-order valence-electron chi connectivity index (χ4n) is 1.02. The van der Waals surface area contributed by atoms with Crippen molar-refractivity contribution >= 4 is 31.9 Å². The van der Waals surface area contributed by atoms with Crippen LogP contribution >= 0.6 is 31.9 Å². The first-order valence-corrected chi connectivity index (χ1v) is 6.43. The molecule has 0 unspecified atom stereocenters. The number of halogens is 2. The average molecular weight is 285 g/mol. The van der Waals surface area contributed by atoms with E-state index in [-0.39, 0.29) is 0 Å². The molecular formula is C9H17Br2. The molecule has 0 aliphatic rings. The second kappa shape index (κ2) is 11.0. The highest BCUT2D eigenvalue weighted by Crippen LogP contribution is 2.09. The van der Waals surface area contributed by atoms with Gasteiger partial charge in [0.1, 0.15) is 0 Å². The maximum atomic E-state index is 3.43. The first-order chi connectivity index (χ1) is 5.41. The Morgan fingerprint density at radius 3 is 1.91 bits per heavy atom. The average Bonchev–Trinajstić information content (AvgIpc) is 2.03. The summed E-state index contributed by atoms with van der Waals surface area (Å²) in [6.45, 7) is 0. The predicted molar refractivity (Wildman–Crippen MR) is 59.3 cm³/mol. The third-order valence-corrected chi connectivity index (χ3v) is 2.72. The second-order valence-corrected chi connectivity index (χ2v) is 4.19. The topological polar surface area (TPSA) is 0 Å². The fraction of sp³-hybridized carbons (Fsp3) is 0.889. The molecule has 2 heteroatoms. The molecule has 0 N–H and O–H groups in total. The van der Waals surface area contributed by atoms with E-state index < -0.39 is 0 Å². The van der Waals surface area contributed by atoms with E-state index in [4.69, 9.17) is 0 Å². The molecule has 0 rings (SSSR count). The van der Waals surface area contributed by atoms with Crippen LogP contribution in [0.15, 0.2) is 0 Å². The smallest absolute Gasteiger partial charge is 0.0271 e. The highest BCUT2D eigenvalue weighted by atomic mass is 79.9. The predicted octanol–water partition coefficient (Wildman–Crippen LogP) is 4.67. The minimum absolute atomic E-state index is 1.17. The summed E-state index contributed by atoms with van der Waals surface area (Å²) in [6.07, 6.45) is 9.51. The molecule has 0 amide bonds. The zero-order chi connectivity index (χ0) is 8.36. The highest BCUT2D eigenvalue weighted by molar-refractivity contribution is 9.10. The largest absolute Gasteiger partial charge is 0.0928 e. The summed E-state index contributed by atoms with van der Waals surface area (Å²) in [6, 6.07) is 0. The van der Waals surface area contributed by atoms with Gasteiger partial charge in [-0.15, -0.1) is 0 Å². The molecule has 0 aromatic rings. The van der Waals surface area contributed by atoms with E-state index in [2.05, 4.69) is 37.2 Å². The molecule has 0 bridgehead atoms. The Hall–Kier alpha value is 0.960. The van der Waals surface area contributed by atoms with Crippen molar-refractivity contribution in [1.29, 1.82) is 0 Å². The Kier molecular flexibility index (Phi) is 11.9. The van der Waals surface area contributed by atoms with Gasteiger partial charge in [-0.05, 0) is 12.8 Å². The molecule has 0 spiro atoms. The van der Waals surface area contributed by atoms with Crippen molar-refractivity contribution in [3.05, 3.63) is 5.33 Å². The van der Waals surface area contributed by atoms with Crippen molar-refractivity contribution in [1.82, 2.24) is 0 Å². The van der Waals surface area contributed by atoms with Gasteiger partial charge in [0, 0.05) is 10.7 Å². The van der Waals surface area contributed by atoms with Crippen LogP contribution < -0.4 is 0 Å². The molecule has 0 atom stereocenters. The molecule has 0 aromatic heterocycles. The molecule has 1 radical (unpaired) electrons. The monoisotopic (exact) mass is 283 g/mol. The molecule has 0 aromatic carbocycles. The van der Waals surface area contributed by atoms with Crippen molar-refractivity contribution in [2.45, 2.75) is 44.9 Å². The minimum atomic E-state index is 1.17.